The van der Waals surface area contributed by atoms with Gasteiger partial charge in [0.25, 0.3) is 5.91 Å². The Morgan fingerprint density at radius 2 is 1.73 bits per heavy atom. The summed E-state index contributed by atoms with van der Waals surface area (Å²) < 4.78 is 49.5. The zero-order valence-corrected chi connectivity index (χ0v) is 11.7. The third-order valence-electron chi connectivity index (χ3n) is 2.67. The van der Waals surface area contributed by atoms with Gasteiger partial charge in [0.15, 0.2) is 0 Å². The Labute approximate surface area is 124 Å². The molecule has 0 atom stereocenters. The lowest BCUT2D eigenvalue weighted by Crippen LogP contribution is -2.17. The van der Waals surface area contributed by atoms with Crippen LogP contribution in [-0.4, -0.2) is 19.4 Å². The normalized spacial score (nSPS) is 11.2. The number of phenols is 1. The first-order chi connectivity index (χ1) is 10.2. The van der Waals surface area contributed by atoms with Crippen molar-refractivity contribution < 1.29 is 27.1 Å². The van der Waals surface area contributed by atoms with Crippen LogP contribution in [0, 0.1) is 11.6 Å². The first-order valence-corrected chi connectivity index (χ1v) is 7.35. The standard InChI is InChI=1S/C13H10F2N2O4S/c14-10-5-8(18)6-11(15)12(10)13(19)17-7-2-1-3-9(4-7)22(16,20)21/h1-6,18H,(H,17,19)(H2,16,20,21). The predicted molar refractivity (Wildman–Crippen MR) is 73.8 cm³/mol. The van der Waals surface area contributed by atoms with Crippen LogP contribution in [0.3, 0.4) is 0 Å². The number of halogens is 2. The summed E-state index contributed by atoms with van der Waals surface area (Å²) in [7, 11) is -3.98. The molecule has 0 heterocycles. The van der Waals surface area contributed by atoms with Crippen LogP contribution in [0.4, 0.5) is 14.5 Å². The Bertz CT molecular complexity index is 830. The number of sulfonamides is 1. The summed E-state index contributed by atoms with van der Waals surface area (Å²) in [5.41, 5.74) is -0.915. The minimum atomic E-state index is -3.98. The van der Waals surface area contributed by atoms with Gasteiger partial charge < -0.3 is 10.4 Å². The molecule has 0 aromatic heterocycles. The lowest BCUT2D eigenvalue weighted by atomic mass is 10.1. The quantitative estimate of drug-likeness (QED) is 0.794. The Balaban J connectivity index is 2.34. The van der Waals surface area contributed by atoms with E-state index in [0.717, 1.165) is 6.07 Å². The number of rotatable bonds is 3. The van der Waals surface area contributed by atoms with Crippen molar-refractivity contribution in [2.24, 2.45) is 5.14 Å². The van der Waals surface area contributed by atoms with Gasteiger partial charge in [0.2, 0.25) is 10.0 Å². The number of nitrogens with two attached hydrogens (primary N) is 1. The van der Waals surface area contributed by atoms with Gasteiger partial charge in [-0.3, -0.25) is 4.79 Å². The molecule has 0 aliphatic heterocycles. The molecule has 9 heteroatoms. The molecule has 0 fully saturated rings. The number of benzene rings is 2. The van der Waals surface area contributed by atoms with Crippen molar-refractivity contribution in [2.45, 2.75) is 4.90 Å². The molecule has 0 bridgehead atoms. The van der Waals surface area contributed by atoms with Gasteiger partial charge in [-0.25, -0.2) is 22.3 Å². The topological polar surface area (TPSA) is 109 Å². The van der Waals surface area contributed by atoms with Gasteiger partial charge in [-0.2, -0.15) is 0 Å². The summed E-state index contributed by atoms with van der Waals surface area (Å²) in [6.07, 6.45) is 0. The molecule has 0 saturated carbocycles. The maximum absolute atomic E-state index is 13.6. The highest BCUT2D eigenvalue weighted by atomic mass is 32.2. The number of aromatic hydroxyl groups is 1. The van der Waals surface area contributed by atoms with Crippen LogP contribution in [0.1, 0.15) is 10.4 Å². The summed E-state index contributed by atoms with van der Waals surface area (Å²) in [6.45, 7) is 0. The van der Waals surface area contributed by atoms with Gasteiger partial charge in [-0.05, 0) is 18.2 Å². The van der Waals surface area contributed by atoms with Crippen molar-refractivity contribution in [2.75, 3.05) is 5.32 Å². The molecular weight excluding hydrogens is 318 g/mol. The van der Waals surface area contributed by atoms with Gasteiger partial charge in [-0.1, -0.05) is 6.07 Å². The van der Waals surface area contributed by atoms with E-state index in [-0.39, 0.29) is 10.6 Å². The van der Waals surface area contributed by atoms with Crippen LogP contribution in [0.25, 0.3) is 0 Å². The van der Waals surface area contributed by atoms with Crippen LogP contribution in [0.15, 0.2) is 41.3 Å². The van der Waals surface area contributed by atoms with Crippen LogP contribution in [-0.2, 0) is 10.0 Å². The van der Waals surface area contributed by atoms with Crippen LogP contribution in [0.2, 0.25) is 0 Å². The van der Waals surface area contributed by atoms with Crippen molar-refractivity contribution in [3.8, 4) is 5.75 Å². The first-order valence-electron chi connectivity index (χ1n) is 5.80. The third-order valence-corrected chi connectivity index (χ3v) is 3.59. The molecule has 0 spiro atoms. The Kier molecular flexibility index (Phi) is 4.11. The van der Waals surface area contributed by atoms with E-state index in [4.69, 9.17) is 10.2 Å². The van der Waals surface area contributed by atoms with Crippen molar-refractivity contribution in [3.05, 3.63) is 53.6 Å². The second kappa shape index (κ2) is 5.70. The molecule has 2 aromatic rings. The Morgan fingerprint density at radius 3 is 2.27 bits per heavy atom. The van der Waals surface area contributed by atoms with Crippen LogP contribution < -0.4 is 10.5 Å². The van der Waals surface area contributed by atoms with Crippen molar-refractivity contribution >= 4 is 21.6 Å². The SMILES string of the molecule is NS(=O)(=O)c1cccc(NC(=O)c2c(F)cc(O)cc2F)c1. The largest absolute Gasteiger partial charge is 0.508 e. The molecular formula is C13H10F2N2O4S. The fourth-order valence-electron chi connectivity index (χ4n) is 1.72. The number of amides is 1. The Hall–Kier alpha value is -2.52. The van der Waals surface area contributed by atoms with E-state index < -0.39 is 38.9 Å². The molecule has 1 amide bonds. The van der Waals surface area contributed by atoms with E-state index in [1.807, 2.05) is 0 Å². The summed E-state index contributed by atoms with van der Waals surface area (Å²) >= 11 is 0. The van der Waals surface area contributed by atoms with Gasteiger partial charge in [0.1, 0.15) is 22.9 Å². The molecule has 22 heavy (non-hydrogen) atoms. The number of hydrogen-bond donors (Lipinski definition) is 3. The van der Waals surface area contributed by atoms with Crippen LogP contribution in [0.5, 0.6) is 5.75 Å². The van der Waals surface area contributed by atoms with Crippen molar-refractivity contribution in [1.29, 1.82) is 0 Å². The van der Waals surface area contributed by atoms with E-state index in [9.17, 15) is 22.0 Å². The molecule has 0 aliphatic rings. The van der Waals surface area contributed by atoms with Gasteiger partial charge in [-0.15, -0.1) is 0 Å². The van der Waals surface area contributed by atoms with E-state index in [0.29, 0.717) is 12.1 Å². The summed E-state index contributed by atoms with van der Waals surface area (Å²) in [6, 6.07) is 6.04. The molecule has 0 saturated heterocycles. The lowest BCUT2D eigenvalue weighted by Gasteiger charge is -2.08. The average Bonchev–Trinajstić information content (AvgIpc) is 2.36. The summed E-state index contributed by atoms with van der Waals surface area (Å²) in [5.74, 6) is -4.31. The highest BCUT2D eigenvalue weighted by molar-refractivity contribution is 7.89. The molecule has 4 N–H and O–H groups in total. The average molecular weight is 328 g/mol. The molecule has 2 rings (SSSR count). The van der Waals surface area contributed by atoms with E-state index in [1.54, 1.807) is 0 Å². The fraction of sp³-hybridized carbons (Fsp3) is 0. The predicted octanol–water partition coefficient (Wildman–Crippen LogP) is 1.57. The van der Waals surface area contributed by atoms with E-state index in [1.165, 1.54) is 18.2 Å². The number of carbonyl (C=O) groups excluding carboxylic acids is 1. The van der Waals surface area contributed by atoms with E-state index in [2.05, 4.69) is 5.32 Å². The molecule has 0 unspecified atom stereocenters. The van der Waals surface area contributed by atoms with Crippen molar-refractivity contribution in [3.63, 3.8) is 0 Å². The highest BCUT2D eigenvalue weighted by Gasteiger charge is 2.19. The van der Waals surface area contributed by atoms with E-state index >= 15 is 0 Å². The van der Waals surface area contributed by atoms with Crippen LogP contribution >= 0.6 is 0 Å². The number of carbonyl (C=O) groups is 1. The minimum Gasteiger partial charge on any atom is -0.508 e. The van der Waals surface area contributed by atoms with Gasteiger partial charge in [0, 0.05) is 17.8 Å². The third kappa shape index (κ3) is 3.38. The zero-order chi connectivity index (χ0) is 16.5. The van der Waals surface area contributed by atoms with Gasteiger partial charge in [0.05, 0.1) is 4.90 Å². The number of anilines is 1. The monoisotopic (exact) mass is 328 g/mol. The Morgan fingerprint density at radius 1 is 1.14 bits per heavy atom. The maximum Gasteiger partial charge on any atom is 0.261 e. The summed E-state index contributed by atoms with van der Waals surface area (Å²) in [5, 5.41) is 16.1. The maximum atomic E-state index is 13.6. The molecule has 2 aromatic carbocycles. The second-order valence-corrected chi connectivity index (χ2v) is 5.87. The molecule has 0 radical (unpaired) electrons. The van der Waals surface area contributed by atoms with Gasteiger partial charge >= 0.3 is 0 Å². The second-order valence-electron chi connectivity index (χ2n) is 4.31. The lowest BCUT2D eigenvalue weighted by molar-refractivity contribution is 0.101. The smallest absolute Gasteiger partial charge is 0.261 e. The number of hydrogen-bond acceptors (Lipinski definition) is 4. The number of primary sulfonamides is 1. The zero-order valence-electron chi connectivity index (χ0n) is 10.9. The first kappa shape index (κ1) is 15.9. The number of phenolic OH excluding ortho intramolecular Hbond substituents is 1. The molecule has 116 valence electrons. The summed E-state index contributed by atoms with van der Waals surface area (Å²) in [4.78, 5) is 11.6. The minimum absolute atomic E-state index is 0.0107. The molecule has 6 nitrogen and oxygen atoms in total. The fourth-order valence-corrected chi connectivity index (χ4v) is 2.28. The van der Waals surface area contributed by atoms with Crippen molar-refractivity contribution in [1.82, 2.24) is 0 Å². The molecule has 0 aliphatic carbocycles. The number of nitrogens with one attached hydrogen (secondary N) is 1. The highest BCUT2D eigenvalue weighted by Crippen LogP contribution is 2.21.